The summed E-state index contributed by atoms with van der Waals surface area (Å²) in [4.78, 5) is 7.08. The third kappa shape index (κ3) is 2.84. The molecule has 84 valence electrons. The fraction of sp³-hybridized carbons (Fsp3) is 0.182. The van der Waals surface area contributed by atoms with Crippen molar-refractivity contribution < 1.29 is 4.39 Å². The second kappa shape index (κ2) is 5.14. The number of aromatic amines is 1. The Morgan fingerprint density at radius 1 is 1.38 bits per heavy atom. The van der Waals surface area contributed by atoms with Gasteiger partial charge in [-0.15, -0.1) is 0 Å². The molecule has 0 amide bonds. The predicted octanol–water partition coefficient (Wildman–Crippen LogP) is 2.34. The summed E-state index contributed by atoms with van der Waals surface area (Å²) >= 11 is 1.55. The van der Waals surface area contributed by atoms with E-state index < -0.39 is 0 Å². The molecule has 3 N–H and O–H groups in total. The van der Waals surface area contributed by atoms with E-state index >= 15 is 0 Å². The van der Waals surface area contributed by atoms with Gasteiger partial charge in [-0.2, -0.15) is 0 Å². The number of thioether (sulfide) groups is 1. The molecule has 0 fully saturated rings. The molecule has 0 spiro atoms. The molecule has 0 radical (unpaired) electrons. The van der Waals surface area contributed by atoms with Gasteiger partial charge >= 0.3 is 0 Å². The number of H-pyrrole nitrogens is 1. The van der Waals surface area contributed by atoms with Crippen LogP contribution in [0.2, 0.25) is 0 Å². The van der Waals surface area contributed by atoms with Crippen LogP contribution in [-0.2, 0) is 0 Å². The third-order valence-electron chi connectivity index (χ3n) is 2.17. The van der Waals surface area contributed by atoms with E-state index in [-0.39, 0.29) is 11.9 Å². The number of hydrogen-bond donors (Lipinski definition) is 2. The maximum Gasteiger partial charge on any atom is 0.165 e. The van der Waals surface area contributed by atoms with Crippen molar-refractivity contribution in [3.8, 4) is 0 Å². The highest BCUT2D eigenvalue weighted by Gasteiger charge is 2.07. The summed E-state index contributed by atoms with van der Waals surface area (Å²) in [5.41, 5.74) is 6.91. The smallest absolute Gasteiger partial charge is 0.165 e. The molecule has 3 nitrogen and oxygen atoms in total. The first-order valence-electron chi connectivity index (χ1n) is 4.89. The van der Waals surface area contributed by atoms with Crippen LogP contribution in [0.25, 0.3) is 0 Å². The van der Waals surface area contributed by atoms with Gasteiger partial charge in [0.15, 0.2) is 5.16 Å². The topological polar surface area (TPSA) is 54.7 Å². The van der Waals surface area contributed by atoms with Gasteiger partial charge in [0.25, 0.3) is 0 Å². The molecule has 1 atom stereocenters. The number of nitrogens with two attached hydrogens (primary N) is 1. The molecule has 1 unspecified atom stereocenters. The lowest BCUT2D eigenvalue weighted by atomic mass is 10.1. The number of nitrogens with zero attached hydrogens (tertiary/aromatic N) is 1. The van der Waals surface area contributed by atoms with E-state index in [1.807, 2.05) is 0 Å². The molecule has 1 heterocycles. The SMILES string of the molecule is NC(CSc1ncc[nH]1)c1ccc(F)cc1. The molecule has 16 heavy (non-hydrogen) atoms. The van der Waals surface area contributed by atoms with E-state index in [4.69, 9.17) is 5.73 Å². The van der Waals surface area contributed by atoms with Crippen molar-refractivity contribution in [2.75, 3.05) is 5.75 Å². The second-order valence-corrected chi connectivity index (χ2v) is 4.37. The number of rotatable bonds is 4. The minimum atomic E-state index is -0.241. The average molecular weight is 237 g/mol. The summed E-state index contributed by atoms with van der Waals surface area (Å²) in [5.74, 6) is 0.466. The number of halogens is 1. The van der Waals surface area contributed by atoms with Gasteiger partial charge < -0.3 is 10.7 Å². The zero-order valence-electron chi connectivity index (χ0n) is 8.56. The lowest BCUT2D eigenvalue weighted by molar-refractivity contribution is 0.626. The van der Waals surface area contributed by atoms with Gasteiger partial charge in [0.2, 0.25) is 0 Å². The normalized spacial score (nSPS) is 12.6. The Balaban J connectivity index is 1.93. The second-order valence-electron chi connectivity index (χ2n) is 3.36. The zero-order valence-corrected chi connectivity index (χ0v) is 9.38. The standard InChI is InChI=1S/C11H12FN3S/c12-9-3-1-8(2-4-9)10(13)7-16-11-14-5-6-15-11/h1-6,10H,7,13H2,(H,14,15). The molecule has 2 aromatic rings. The average Bonchev–Trinajstić information content (AvgIpc) is 2.80. The van der Waals surface area contributed by atoms with E-state index in [2.05, 4.69) is 9.97 Å². The third-order valence-corrected chi connectivity index (χ3v) is 3.19. The Morgan fingerprint density at radius 2 is 2.12 bits per heavy atom. The van der Waals surface area contributed by atoms with Gasteiger partial charge in [0.05, 0.1) is 0 Å². The highest BCUT2D eigenvalue weighted by Crippen LogP contribution is 2.20. The van der Waals surface area contributed by atoms with E-state index in [1.165, 1.54) is 12.1 Å². The highest BCUT2D eigenvalue weighted by molar-refractivity contribution is 7.99. The van der Waals surface area contributed by atoms with E-state index in [1.54, 1.807) is 36.3 Å². The molecule has 0 aliphatic heterocycles. The van der Waals surface area contributed by atoms with Crippen molar-refractivity contribution in [1.29, 1.82) is 0 Å². The molecular formula is C11H12FN3S. The Bertz CT molecular complexity index is 427. The molecule has 0 aliphatic carbocycles. The monoisotopic (exact) mass is 237 g/mol. The van der Waals surface area contributed by atoms with E-state index in [0.29, 0.717) is 5.75 Å². The summed E-state index contributed by atoms with van der Waals surface area (Å²) in [6.45, 7) is 0. The first kappa shape index (κ1) is 11.2. The Kier molecular flexibility index (Phi) is 3.58. The maximum atomic E-state index is 12.7. The summed E-state index contributed by atoms with van der Waals surface area (Å²) in [6.07, 6.45) is 3.47. The van der Waals surface area contributed by atoms with Gasteiger partial charge in [-0.05, 0) is 17.7 Å². The van der Waals surface area contributed by atoms with Crippen molar-refractivity contribution in [2.45, 2.75) is 11.2 Å². The molecule has 0 aliphatic rings. The van der Waals surface area contributed by atoms with E-state index in [0.717, 1.165) is 10.7 Å². The largest absolute Gasteiger partial charge is 0.340 e. The molecule has 5 heteroatoms. The fourth-order valence-electron chi connectivity index (χ4n) is 1.30. The van der Waals surface area contributed by atoms with Gasteiger partial charge in [0.1, 0.15) is 5.82 Å². The van der Waals surface area contributed by atoms with Crippen LogP contribution in [0.15, 0.2) is 41.8 Å². The van der Waals surface area contributed by atoms with Crippen molar-refractivity contribution in [2.24, 2.45) is 5.73 Å². The first-order chi connectivity index (χ1) is 7.75. The molecule has 0 saturated carbocycles. The lowest BCUT2D eigenvalue weighted by Gasteiger charge is -2.10. The zero-order chi connectivity index (χ0) is 11.4. The molecule has 0 saturated heterocycles. The molecule has 1 aromatic carbocycles. The Hall–Kier alpha value is -1.33. The van der Waals surface area contributed by atoms with Crippen LogP contribution in [0.3, 0.4) is 0 Å². The lowest BCUT2D eigenvalue weighted by Crippen LogP contribution is -2.12. The fourth-order valence-corrected chi connectivity index (χ4v) is 2.12. The molecule has 1 aromatic heterocycles. The molecule has 0 bridgehead atoms. The van der Waals surface area contributed by atoms with Crippen LogP contribution in [0.4, 0.5) is 4.39 Å². The number of benzene rings is 1. The van der Waals surface area contributed by atoms with Gasteiger partial charge in [-0.3, -0.25) is 0 Å². The summed E-state index contributed by atoms with van der Waals surface area (Å²) < 4.78 is 12.7. The number of aromatic nitrogens is 2. The van der Waals surface area contributed by atoms with Crippen LogP contribution in [0.5, 0.6) is 0 Å². The minimum Gasteiger partial charge on any atom is -0.340 e. The molecular weight excluding hydrogens is 225 g/mol. The van der Waals surface area contributed by atoms with Crippen molar-refractivity contribution in [1.82, 2.24) is 9.97 Å². The van der Waals surface area contributed by atoms with Crippen LogP contribution in [0.1, 0.15) is 11.6 Å². The van der Waals surface area contributed by atoms with Crippen LogP contribution in [-0.4, -0.2) is 15.7 Å². The first-order valence-corrected chi connectivity index (χ1v) is 5.87. The number of hydrogen-bond acceptors (Lipinski definition) is 3. The summed E-state index contributed by atoms with van der Waals surface area (Å²) in [5, 5.41) is 0.845. The summed E-state index contributed by atoms with van der Waals surface area (Å²) in [6, 6.07) is 6.15. The van der Waals surface area contributed by atoms with Gasteiger partial charge in [0, 0.05) is 24.2 Å². The van der Waals surface area contributed by atoms with Crippen molar-refractivity contribution >= 4 is 11.8 Å². The minimum absolute atomic E-state index is 0.115. The number of nitrogens with one attached hydrogen (secondary N) is 1. The quantitative estimate of drug-likeness (QED) is 0.802. The Labute approximate surface area is 97.3 Å². The predicted molar refractivity (Wildman–Crippen MR) is 62.6 cm³/mol. The highest BCUT2D eigenvalue weighted by atomic mass is 32.2. The Morgan fingerprint density at radius 3 is 2.75 bits per heavy atom. The van der Waals surface area contributed by atoms with Crippen molar-refractivity contribution in [3.63, 3.8) is 0 Å². The van der Waals surface area contributed by atoms with Crippen LogP contribution >= 0.6 is 11.8 Å². The van der Waals surface area contributed by atoms with Gasteiger partial charge in [-0.1, -0.05) is 23.9 Å². The van der Waals surface area contributed by atoms with Gasteiger partial charge in [-0.25, -0.2) is 9.37 Å². The maximum absolute atomic E-state index is 12.7. The number of imidazole rings is 1. The van der Waals surface area contributed by atoms with Crippen LogP contribution < -0.4 is 5.73 Å². The molecule has 2 rings (SSSR count). The van der Waals surface area contributed by atoms with E-state index in [9.17, 15) is 4.39 Å². The summed E-state index contributed by atoms with van der Waals surface area (Å²) in [7, 11) is 0. The van der Waals surface area contributed by atoms with Crippen LogP contribution in [0, 0.1) is 5.82 Å². The van der Waals surface area contributed by atoms with Crippen molar-refractivity contribution in [3.05, 3.63) is 48.0 Å².